The number of carboxylic acids is 1. The van der Waals surface area contributed by atoms with Gasteiger partial charge in [-0.1, -0.05) is 0 Å². The number of hydrogen-bond acceptors (Lipinski definition) is 5. The van der Waals surface area contributed by atoms with Gasteiger partial charge in [0.1, 0.15) is 5.60 Å². The molecule has 1 N–H and O–H groups in total. The predicted molar refractivity (Wildman–Crippen MR) is 92.1 cm³/mol. The van der Waals surface area contributed by atoms with E-state index in [0.29, 0.717) is 43.7 Å². The number of carbonyl (C=O) groups excluding carboxylic acids is 2. The number of pyridine rings is 1. The summed E-state index contributed by atoms with van der Waals surface area (Å²) in [6.45, 7) is 6.91. The molecule has 2 aliphatic heterocycles. The van der Waals surface area contributed by atoms with Crippen LogP contribution in [0.15, 0.2) is 12.3 Å². The Bertz CT molecular complexity index is 756. The average molecular weight is 361 g/mol. The van der Waals surface area contributed by atoms with E-state index in [0.717, 1.165) is 0 Å². The van der Waals surface area contributed by atoms with E-state index in [2.05, 4.69) is 4.98 Å². The summed E-state index contributed by atoms with van der Waals surface area (Å²) in [7, 11) is 0. The Balaban J connectivity index is 1.72. The van der Waals surface area contributed by atoms with Gasteiger partial charge in [-0.25, -0.2) is 9.59 Å². The van der Waals surface area contributed by atoms with Crippen molar-refractivity contribution >= 4 is 18.0 Å². The van der Waals surface area contributed by atoms with Crippen molar-refractivity contribution in [2.75, 3.05) is 19.6 Å². The van der Waals surface area contributed by atoms with Crippen molar-refractivity contribution in [1.82, 2.24) is 14.8 Å². The SMILES string of the molecule is CC(C)(C)OC(=O)N1CCC(N2CCc3ncc(C(=O)O)cc3C2=O)C1. The van der Waals surface area contributed by atoms with Crippen LogP contribution in [0.3, 0.4) is 0 Å². The molecule has 2 aliphatic rings. The summed E-state index contributed by atoms with van der Waals surface area (Å²) in [5.74, 6) is -1.33. The molecule has 0 aliphatic carbocycles. The van der Waals surface area contributed by atoms with Crippen LogP contribution in [-0.4, -0.2) is 69.1 Å². The van der Waals surface area contributed by atoms with Crippen LogP contribution >= 0.6 is 0 Å². The van der Waals surface area contributed by atoms with Crippen molar-refractivity contribution in [2.24, 2.45) is 0 Å². The lowest BCUT2D eigenvalue weighted by Gasteiger charge is -2.33. The first kappa shape index (κ1) is 18.2. The highest BCUT2D eigenvalue weighted by atomic mass is 16.6. The van der Waals surface area contributed by atoms with E-state index >= 15 is 0 Å². The predicted octanol–water partition coefficient (Wildman–Crippen LogP) is 1.79. The Hall–Kier alpha value is -2.64. The third kappa shape index (κ3) is 3.63. The molecule has 1 aromatic rings. The van der Waals surface area contributed by atoms with Gasteiger partial charge in [-0.2, -0.15) is 0 Å². The number of likely N-dealkylation sites (tertiary alicyclic amines) is 1. The van der Waals surface area contributed by atoms with Crippen LogP contribution in [0.2, 0.25) is 0 Å². The summed E-state index contributed by atoms with van der Waals surface area (Å²) in [6, 6.07) is 1.29. The van der Waals surface area contributed by atoms with Gasteiger partial charge in [0.25, 0.3) is 5.91 Å². The topological polar surface area (TPSA) is 100 Å². The zero-order valence-electron chi connectivity index (χ0n) is 15.2. The molecule has 0 saturated carbocycles. The number of ether oxygens (including phenoxy) is 1. The minimum absolute atomic E-state index is 0.000698. The van der Waals surface area contributed by atoms with Gasteiger partial charge in [0.2, 0.25) is 0 Å². The molecule has 8 nitrogen and oxygen atoms in total. The number of hydrogen-bond donors (Lipinski definition) is 1. The van der Waals surface area contributed by atoms with Crippen molar-refractivity contribution in [3.8, 4) is 0 Å². The van der Waals surface area contributed by atoms with E-state index in [-0.39, 0.29) is 23.6 Å². The molecule has 3 heterocycles. The summed E-state index contributed by atoms with van der Waals surface area (Å²) in [6.07, 6.45) is 2.15. The first-order valence-corrected chi connectivity index (χ1v) is 8.67. The minimum atomic E-state index is -1.11. The number of carboxylic acid groups (broad SMARTS) is 1. The van der Waals surface area contributed by atoms with E-state index < -0.39 is 11.6 Å². The Morgan fingerprint density at radius 2 is 2.04 bits per heavy atom. The van der Waals surface area contributed by atoms with Gasteiger partial charge in [0, 0.05) is 32.3 Å². The van der Waals surface area contributed by atoms with Gasteiger partial charge >= 0.3 is 12.1 Å². The smallest absolute Gasteiger partial charge is 0.410 e. The van der Waals surface area contributed by atoms with E-state index in [1.54, 1.807) is 9.80 Å². The number of aromatic carboxylic acids is 1. The molecule has 8 heteroatoms. The first-order chi connectivity index (χ1) is 12.2. The maximum absolute atomic E-state index is 12.8. The highest BCUT2D eigenvalue weighted by Crippen LogP contribution is 2.25. The van der Waals surface area contributed by atoms with Crippen LogP contribution in [0.1, 0.15) is 53.6 Å². The van der Waals surface area contributed by atoms with Crippen molar-refractivity contribution < 1.29 is 24.2 Å². The maximum Gasteiger partial charge on any atom is 0.410 e. The fraction of sp³-hybridized carbons (Fsp3) is 0.556. The van der Waals surface area contributed by atoms with Crippen LogP contribution in [-0.2, 0) is 11.2 Å². The van der Waals surface area contributed by atoms with Crippen LogP contribution in [0.4, 0.5) is 4.79 Å². The number of nitrogens with zero attached hydrogens (tertiary/aromatic N) is 3. The van der Waals surface area contributed by atoms with Crippen molar-refractivity contribution in [1.29, 1.82) is 0 Å². The maximum atomic E-state index is 12.8. The number of carbonyl (C=O) groups is 3. The number of aromatic nitrogens is 1. The van der Waals surface area contributed by atoms with Gasteiger partial charge in [-0.3, -0.25) is 9.78 Å². The molecule has 3 rings (SSSR count). The zero-order chi connectivity index (χ0) is 19.1. The third-order valence-corrected chi connectivity index (χ3v) is 4.55. The second-order valence-corrected chi connectivity index (χ2v) is 7.64. The van der Waals surface area contributed by atoms with E-state index in [9.17, 15) is 14.4 Å². The van der Waals surface area contributed by atoms with Gasteiger partial charge in [-0.15, -0.1) is 0 Å². The van der Waals surface area contributed by atoms with Crippen molar-refractivity contribution in [2.45, 2.75) is 45.3 Å². The van der Waals surface area contributed by atoms with E-state index in [4.69, 9.17) is 9.84 Å². The van der Waals surface area contributed by atoms with Gasteiger partial charge in [0.15, 0.2) is 0 Å². The molecule has 0 radical (unpaired) electrons. The van der Waals surface area contributed by atoms with Crippen LogP contribution in [0.25, 0.3) is 0 Å². The van der Waals surface area contributed by atoms with Crippen LogP contribution in [0.5, 0.6) is 0 Å². The van der Waals surface area contributed by atoms with Crippen LogP contribution < -0.4 is 0 Å². The summed E-state index contributed by atoms with van der Waals surface area (Å²) in [5, 5.41) is 9.12. The molecule has 140 valence electrons. The molecule has 1 fully saturated rings. The van der Waals surface area contributed by atoms with Crippen molar-refractivity contribution in [3.63, 3.8) is 0 Å². The molecular weight excluding hydrogens is 338 g/mol. The third-order valence-electron chi connectivity index (χ3n) is 4.55. The highest BCUT2D eigenvalue weighted by Gasteiger charge is 2.37. The Labute approximate surface area is 151 Å². The molecule has 0 aromatic carbocycles. The molecule has 1 saturated heterocycles. The summed E-state index contributed by atoms with van der Waals surface area (Å²) >= 11 is 0. The lowest BCUT2D eigenvalue weighted by atomic mass is 10.0. The van der Waals surface area contributed by atoms with Gasteiger partial charge in [0.05, 0.1) is 22.9 Å². The molecule has 0 spiro atoms. The molecule has 2 amide bonds. The molecular formula is C18H23N3O5. The lowest BCUT2D eigenvalue weighted by molar-refractivity contribution is 0.0274. The summed E-state index contributed by atoms with van der Waals surface area (Å²) < 4.78 is 5.39. The zero-order valence-corrected chi connectivity index (χ0v) is 15.2. The number of rotatable bonds is 2. The number of fused-ring (bicyclic) bond motifs is 1. The summed E-state index contributed by atoms with van der Waals surface area (Å²) in [4.78, 5) is 43.7. The molecule has 1 unspecified atom stereocenters. The van der Waals surface area contributed by atoms with Crippen molar-refractivity contribution in [3.05, 3.63) is 29.1 Å². The standard InChI is InChI=1S/C18H23N3O5/c1-18(2,3)26-17(25)20-6-4-12(10-20)21-7-5-14-13(15(21)22)8-11(9-19-14)16(23)24/h8-9,12H,4-7,10H2,1-3H3,(H,23,24). The highest BCUT2D eigenvalue weighted by molar-refractivity contribution is 5.99. The Morgan fingerprint density at radius 1 is 1.31 bits per heavy atom. The van der Waals surface area contributed by atoms with Gasteiger partial charge in [-0.05, 0) is 33.3 Å². The first-order valence-electron chi connectivity index (χ1n) is 8.67. The fourth-order valence-corrected chi connectivity index (χ4v) is 3.31. The van der Waals surface area contributed by atoms with Crippen LogP contribution in [0, 0.1) is 0 Å². The largest absolute Gasteiger partial charge is 0.478 e. The van der Waals surface area contributed by atoms with E-state index in [1.165, 1.54) is 12.3 Å². The molecule has 1 aromatic heterocycles. The quantitative estimate of drug-likeness (QED) is 0.862. The monoisotopic (exact) mass is 361 g/mol. The average Bonchev–Trinajstić information content (AvgIpc) is 3.03. The van der Waals surface area contributed by atoms with E-state index in [1.807, 2.05) is 20.8 Å². The summed E-state index contributed by atoms with van der Waals surface area (Å²) in [5.41, 5.74) is 0.402. The second-order valence-electron chi connectivity index (χ2n) is 7.64. The molecule has 1 atom stereocenters. The number of amides is 2. The molecule has 26 heavy (non-hydrogen) atoms. The van der Waals surface area contributed by atoms with Gasteiger partial charge < -0.3 is 19.6 Å². The molecule has 0 bridgehead atoms. The normalized spacial score (nSPS) is 20.1. The Kier molecular flexibility index (Phi) is 4.60. The minimum Gasteiger partial charge on any atom is -0.478 e. The second kappa shape index (κ2) is 6.59. The fourth-order valence-electron chi connectivity index (χ4n) is 3.31. The Morgan fingerprint density at radius 3 is 2.69 bits per heavy atom. The lowest BCUT2D eigenvalue weighted by Crippen LogP contribution is -2.47.